The van der Waals surface area contributed by atoms with Crippen LogP contribution in [0, 0.1) is 5.92 Å². The molecule has 120 valence electrons. The zero-order chi connectivity index (χ0) is 15.1. The van der Waals surface area contributed by atoms with Crippen LogP contribution in [0.15, 0.2) is 0 Å². The van der Waals surface area contributed by atoms with Crippen LogP contribution in [0.5, 0.6) is 0 Å². The number of carbonyl (C=O) groups excluding carboxylic acids is 1. The van der Waals surface area contributed by atoms with Crippen LogP contribution in [-0.2, 0) is 4.79 Å². The Morgan fingerprint density at radius 1 is 0.810 bits per heavy atom. The van der Waals surface area contributed by atoms with Crippen molar-refractivity contribution in [3.63, 3.8) is 0 Å². The van der Waals surface area contributed by atoms with E-state index in [2.05, 4.69) is 13.8 Å². The minimum Gasteiger partial charge on any atom is -0.550 e. The van der Waals surface area contributed by atoms with Gasteiger partial charge in [0, 0.05) is 5.97 Å². The van der Waals surface area contributed by atoms with Crippen LogP contribution in [0.25, 0.3) is 0 Å². The van der Waals surface area contributed by atoms with Gasteiger partial charge in [-0.15, -0.1) is 0 Å². The molecule has 0 aliphatic rings. The van der Waals surface area contributed by atoms with Crippen molar-refractivity contribution in [2.24, 2.45) is 5.92 Å². The molecule has 0 saturated heterocycles. The topological polar surface area (TPSA) is 40.1 Å². The summed E-state index contributed by atoms with van der Waals surface area (Å²) in [4.78, 5) is 10.2. The number of carbonyl (C=O) groups is 1. The van der Waals surface area contributed by atoms with Gasteiger partial charge in [0.2, 0.25) is 0 Å². The summed E-state index contributed by atoms with van der Waals surface area (Å²) >= 11 is 0. The monoisotopic (exact) mass is 322 g/mol. The fraction of sp³-hybridized carbons (Fsp3) is 0.944. The second kappa shape index (κ2) is 19.2. The molecule has 0 aromatic rings. The largest absolute Gasteiger partial charge is 1.00 e. The quantitative estimate of drug-likeness (QED) is 0.341. The zero-order valence-corrected chi connectivity index (χ0v) is 17.9. The molecule has 0 saturated carbocycles. The first-order chi connectivity index (χ1) is 9.66. The second-order valence-electron chi connectivity index (χ2n) is 6.31. The van der Waals surface area contributed by atoms with E-state index in [0.717, 1.165) is 18.8 Å². The smallest absolute Gasteiger partial charge is 0.550 e. The molecule has 0 aliphatic heterocycles. The van der Waals surface area contributed by atoms with Crippen molar-refractivity contribution < 1.29 is 61.3 Å². The van der Waals surface area contributed by atoms with E-state index in [1.54, 1.807) is 0 Å². The van der Waals surface area contributed by atoms with Crippen molar-refractivity contribution in [3.8, 4) is 0 Å². The molecule has 0 N–H and O–H groups in total. The Labute approximate surface area is 175 Å². The Balaban J connectivity index is 0. The predicted octanol–water partition coefficient (Wildman–Crippen LogP) is 1.86. The summed E-state index contributed by atoms with van der Waals surface area (Å²) in [5.41, 5.74) is 0. The molecule has 1 atom stereocenters. The van der Waals surface area contributed by atoms with Gasteiger partial charge in [-0.1, -0.05) is 90.9 Å². The van der Waals surface area contributed by atoms with Gasteiger partial charge in [0.05, 0.1) is 0 Å². The summed E-state index contributed by atoms with van der Waals surface area (Å²) in [7, 11) is 0. The average molecular weight is 323 g/mol. The fourth-order valence-corrected chi connectivity index (χ4v) is 2.56. The fourth-order valence-electron chi connectivity index (χ4n) is 2.56. The number of unbranched alkanes of at least 4 members (excludes halogenated alkanes) is 10. The summed E-state index contributed by atoms with van der Waals surface area (Å²) in [6, 6.07) is 0. The van der Waals surface area contributed by atoms with Crippen molar-refractivity contribution in [3.05, 3.63) is 0 Å². The maximum absolute atomic E-state index is 10.2. The molecule has 0 aromatic heterocycles. The maximum atomic E-state index is 10.2. The van der Waals surface area contributed by atoms with Crippen molar-refractivity contribution >= 4 is 5.97 Å². The standard InChI is InChI=1S/C18H36O2.K/c1-3-17(2)15-13-11-9-7-5-4-6-8-10-12-14-16-18(19)20;/h17H,3-16H2,1-2H3,(H,19,20);/q;+1/p-1. The number of aliphatic carboxylic acids is 1. The molecule has 0 rings (SSSR count). The van der Waals surface area contributed by atoms with Crippen LogP contribution < -0.4 is 56.5 Å². The maximum Gasteiger partial charge on any atom is 1.00 e. The Morgan fingerprint density at radius 2 is 1.19 bits per heavy atom. The van der Waals surface area contributed by atoms with Crippen LogP contribution in [0.1, 0.15) is 104 Å². The Morgan fingerprint density at radius 3 is 1.57 bits per heavy atom. The molecular weight excluding hydrogens is 287 g/mol. The third-order valence-electron chi connectivity index (χ3n) is 4.27. The van der Waals surface area contributed by atoms with E-state index in [1.165, 1.54) is 70.6 Å². The molecule has 0 aliphatic carbocycles. The van der Waals surface area contributed by atoms with Gasteiger partial charge in [-0.05, 0) is 18.8 Å². The second-order valence-corrected chi connectivity index (χ2v) is 6.31. The molecule has 21 heavy (non-hydrogen) atoms. The van der Waals surface area contributed by atoms with Crippen molar-refractivity contribution in [1.82, 2.24) is 0 Å². The molecule has 0 radical (unpaired) electrons. The van der Waals surface area contributed by atoms with E-state index in [4.69, 9.17) is 0 Å². The Kier molecular flexibility index (Phi) is 22.2. The van der Waals surface area contributed by atoms with E-state index in [1.807, 2.05) is 0 Å². The molecule has 0 amide bonds. The first-order valence-electron chi connectivity index (χ1n) is 8.86. The molecule has 0 fully saturated rings. The zero-order valence-electron chi connectivity index (χ0n) is 14.8. The van der Waals surface area contributed by atoms with Crippen LogP contribution in [-0.4, -0.2) is 5.97 Å². The molecular formula is C18H35KO2. The minimum atomic E-state index is -0.904. The van der Waals surface area contributed by atoms with E-state index in [9.17, 15) is 9.90 Å². The van der Waals surface area contributed by atoms with Crippen LogP contribution in [0.4, 0.5) is 0 Å². The van der Waals surface area contributed by atoms with Crippen LogP contribution in [0.3, 0.4) is 0 Å². The van der Waals surface area contributed by atoms with E-state index < -0.39 is 5.97 Å². The molecule has 3 heteroatoms. The molecule has 0 heterocycles. The average Bonchev–Trinajstić information content (AvgIpc) is 2.43. The van der Waals surface area contributed by atoms with Crippen LogP contribution in [0.2, 0.25) is 0 Å². The number of carboxylic acid groups (broad SMARTS) is 1. The Bertz CT molecular complexity index is 219. The summed E-state index contributed by atoms with van der Waals surface area (Å²) in [5.74, 6) is 0.00485. The predicted molar refractivity (Wildman–Crippen MR) is 84.5 cm³/mol. The van der Waals surface area contributed by atoms with Gasteiger partial charge in [0.1, 0.15) is 0 Å². The molecule has 2 nitrogen and oxygen atoms in total. The van der Waals surface area contributed by atoms with E-state index in [0.29, 0.717) is 0 Å². The van der Waals surface area contributed by atoms with E-state index in [-0.39, 0.29) is 57.8 Å². The van der Waals surface area contributed by atoms with Crippen molar-refractivity contribution in [1.29, 1.82) is 0 Å². The summed E-state index contributed by atoms with van der Waals surface area (Å²) in [6.45, 7) is 4.64. The van der Waals surface area contributed by atoms with Gasteiger partial charge < -0.3 is 9.90 Å². The minimum absolute atomic E-state index is 0. The van der Waals surface area contributed by atoms with Crippen molar-refractivity contribution in [2.75, 3.05) is 0 Å². The van der Waals surface area contributed by atoms with E-state index >= 15 is 0 Å². The number of hydrogen-bond acceptors (Lipinski definition) is 2. The van der Waals surface area contributed by atoms with Gasteiger partial charge in [-0.25, -0.2) is 0 Å². The molecule has 0 spiro atoms. The molecule has 1 unspecified atom stereocenters. The molecule has 0 aromatic carbocycles. The summed E-state index contributed by atoms with van der Waals surface area (Å²) < 4.78 is 0. The van der Waals surface area contributed by atoms with Gasteiger partial charge in [-0.3, -0.25) is 0 Å². The number of hydrogen-bond donors (Lipinski definition) is 0. The normalized spacial score (nSPS) is 11.9. The Hall–Kier alpha value is 1.11. The number of rotatable bonds is 15. The third-order valence-corrected chi connectivity index (χ3v) is 4.27. The summed E-state index contributed by atoms with van der Waals surface area (Å²) in [5, 5.41) is 10.2. The summed E-state index contributed by atoms with van der Waals surface area (Å²) in [6.07, 6.45) is 16.9. The van der Waals surface area contributed by atoms with Gasteiger partial charge >= 0.3 is 51.4 Å². The van der Waals surface area contributed by atoms with Gasteiger partial charge in [0.25, 0.3) is 0 Å². The SMILES string of the molecule is CCC(C)CCCCCCCCCCCCCC(=O)[O-].[K+]. The number of carboxylic acids is 1. The first kappa shape index (κ1) is 24.4. The third kappa shape index (κ3) is 21.1. The van der Waals surface area contributed by atoms with Crippen molar-refractivity contribution in [2.45, 2.75) is 104 Å². The first-order valence-corrected chi connectivity index (χ1v) is 8.86. The molecule has 0 bridgehead atoms. The van der Waals surface area contributed by atoms with Gasteiger partial charge in [-0.2, -0.15) is 0 Å². The van der Waals surface area contributed by atoms with Crippen LogP contribution >= 0.6 is 0 Å². The van der Waals surface area contributed by atoms with Gasteiger partial charge in [0.15, 0.2) is 0 Å².